The first kappa shape index (κ1) is 27.3. The standard InChI is InChI=1S/C35H35F2N3O/c36-30-15-11-28(12-16-30)34(29-13-17-31(37)18-14-29)38-21-23-39(24-22-38)35(41)33-20-19-32(27-9-5-2-6-10-27)40(33)25-26-7-3-1-4-8-26/h1-18,32-34H,19-25H2/t32-,33+/m1/s1. The summed E-state index contributed by atoms with van der Waals surface area (Å²) in [6.07, 6.45) is 1.78. The summed E-state index contributed by atoms with van der Waals surface area (Å²) in [5.41, 5.74) is 4.37. The largest absolute Gasteiger partial charge is 0.339 e. The molecule has 0 radical (unpaired) electrons. The Bertz CT molecular complexity index is 1380. The third-order valence-corrected chi connectivity index (χ3v) is 8.55. The van der Waals surface area contributed by atoms with Crippen LogP contribution in [-0.4, -0.2) is 52.8 Å². The van der Waals surface area contributed by atoms with Gasteiger partial charge in [0.2, 0.25) is 5.91 Å². The smallest absolute Gasteiger partial charge is 0.240 e. The summed E-state index contributed by atoms with van der Waals surface area (Å²) in [6, 6.07) is 33.9. The van der Waals surface area contributed by atoms with Gasteiger partial charge in [0.05, 0.1) is 12.1 Å². The summed E-state index contributed by atoms with van der Waals surface area (Å²) >= 11 is 0. The van der Waals surface area contributed by atoms with E-state index in [1.54, 1.807) is 24.3 Å². The molecule has 0 aliphatic carbocycles. The first-order valence-electron chi connectivity index (χ1n) is 14.5. The second-order valence-corrected chi connectivity index (χ2v) is 11.0. The Morgan fingerprint density at radius 2 is 1.22 bits per heavy atom. The molecule has 4 aromatic carbocycles. The van der Waals surface area contributed by atoms with E-state index in [4.69, 9.17) is 0 Å². The van der Waals surface area contributed by atoms with Crippen LogP contribution >= 0.6 is 0 Å². The van der Waals surface area contributed by atoms with E-state index in [2.05, 4.69) is 58.3 Å². The SMILES string of the molecule is O=C([C@@H]1CC[C@H](c2ccccc2)N1Cc1ccccc1)N1CCN(C(c2ccc(F)cc2)c2ccc(F)cc2)CC1. The van der Waals surface area contributed by atoms with Gasteiger partial charge < -0.3 is 4.90 Å². The van der Waals surface area contributed by atoms with Gasteiger partial charge in [-0.15, -0.1) is 0 Å². The molecule has 0 aromatic heterocycles. The molecule has 0 unspecified atom stereocenters. The van der Waals surface area contributed by atoms with Crippen molar-refractivity contribution in [2.75, 3.05) is 26.2 Å². The monoisotopic (exact) mass is 551 g/mol. The number of rotatable bonds is 7. The Balaban J connectivity index is 1.19. The molecule has 2 saturated heterocycles. The number of hydrogen-bond donors (Lipinski definition) is 0. The second kappa shape index (κ2) is 12.3. The number of nitrogens with zero attached hydrogens (tertiary/aromatic N) is 3. The van der Waals surface area contributed by atoms with Crippen LogP contribution in [0.15, 0.2) is 109 Å². The number of amides is 1. The maximum absolute atomic E-state index is 14.1. The maximum Gasteiger partial charge on any atom is 0.240 e. The van der Waals surface area contributed by atoms with Crippen molar-refractivity contribution in [3.63, 3.8) is 0 Å². The zero-order chi connectivity index (χ0) is 28.2. The molecule has 0 bridgehead atoms. The molecule has 1 amide bonds. The summed E-state index contributed by atoms with van der Waals surface area (Å²) in [7, 11) is 0. The fourth-order valence-corrected chi connectivity index (χ4v) is 6.49. The first-order chi connectivity index (χ1) is 20.1. The molecule has 2 fully saturated rings. The lowest BCUT2D eigenvalue weighted by Gasteiger charge is -2.41. The minimum atomic E-state index is -0.285. The number of benzene rings is 4. The third kappa shape index (κ3) is 6.09. The highest BCUT2D eigenvalue weighted by Crippen LogP contribution is 2.38. The highest BCUT2D eigenvalue weighted by molar-refractivity contribution is 5.82. The van der Waals surface area contributed by atoms with E-state index >= 15 is 0 Å². The summed E-state index contributed by atoms with van der Waals surface area (Å²) in [4.78, 5) is 20.8. The van der Waals surface area contributed by atoms with Crippen LogP contribution in [0.1, 0.15) is 47.2 Å². The molecule has 0 saturated carbocycles. The predicted octanol–water partition coefficient (Wildman–Crippen LogP) is 6.60. The molecule has 4 nitrogen and oxygen atoms in total. The molecule has 2 aliphatic rings. The number of carbonyl (C=O) groups excluding carboxylic acids is 1. The van der Waals surface area contributed by atoms with Gasteiger partial charge in [-0.3, -0.25) is 14.6 Å². The molecule has 2 atom stereocenters. The number of piperazine rings is 1. The van der Waals surface area contributed by atoms with E-state index in [1.165, 1.54) is 35.4 Å². The van der Waals surface area contributed by atoms with Crippen molar-refractivity contribution in [2.45, 2.75) is 37.5 Å². The van der Waals surface area contributed by atoms with Gasteiger partial charge in [0.1, 0.15) is 11.6 Å². The topological polar surface area (TPSA) is 26.8 Å². The maximum atomic E-state index is 14.1. The normalized spacial score (nSPS) is 20.0. The van der Waals surface area contributed by atoms with Gasteiger partial charge >= 0.3 is 0 Å². The molecular weight excluding hydrogens is 516 g/mol. The van der Waals surface area contributed by atoms with E-state index in [1.807, 2.05) is 17.0 Å². The Morgan fingerprint density at radius 1 is 0.683 bits per heavy atom. The van der Waals surface area contributed by atoms with Crippen LogP contribution in [0.5, 0.6) is 0 Å². The molecule has 6 heteroatoms. The van der Waals surface area contributed by atoms with Crippen LogP contribution < -0.4 is 0 Å². The third-order valence-electron chi connectivity index (χ3n) is 8.55. The lowest BCUT2D eigenvalue weighted by Crippen LogP contribution is -2.54. The Morgan fingerprint density at radius 3 is 1.78 bits per heavy atom. The highest BCUT2D eigenvalue weighted by atomic mass is 19.1. The van der Waals surface area contributed by atoms with E-state index in [9.17, 15) is 13.6 Å². The van der Waals surface area contributed by atoms with E-state index in [-0.39, 0.29) is 35.7 Å². The van der Waals surface area contributed by atoms with Crippen molar-refractivity contribution in [3.05, 3.63) is 143 Å². The Kier molecular flexibility index (Phi) is 8.21. The second-order valence-electron chi connectivity index (χ2n) is 11.0. The van der Waals surface area contributed by atoms with Gasteiger partial charge in [-0.1, -0.05) is 84.9 Å². The van der Waals surface area contributed by atoms with Crippen LogP contribution in [0.2, 0.25) is 0 Å². The van der Waals surface area contributed by atoms with Crippen molar-refractivity contribution in [1.29, 1.82) is 0 Å². The van der Waals surface area contributed by atoms with E-state index < -0.39 is 0 Å². The van der Waals surface area contributed by atoms with E-state index in [0.717, 1.165) is 30.5 Å². The van der Waals surface area contributed by atoms with Crippen LogP contribution in [0, 0.1) is 11.6 Å². The van der Waals surface area contributed by atoms with Gasteiger partial charge in [0, 0.05) is 38.8 Å². The molecule has 2 aliphatic heterocycles. The Hall–Kier alpha value is -3.87. The van der Waals surface area contributed by atoms with E-state index in [0.29, 0.717) is 26.2 Å². The van der Waals surface area contributed by atoms with Crippen LogP contribution in [-0.2, 0) is 11.3 Å². The quantitative estimate of drug-likeness (QED) is 0.259. The van der Waals surface area contributed by atoms with Gasteiger partial charge in [0.15, 0.2) is 0 Å². The lowest BCUT2D eigenvalue weighted by molar-refractivity contribution is -0.138. The number of carbonyl (C=O) groups is 1. The number of hydrogen-bond acceptors (Lipinski definition) is 3. The lowest BCUT2D eigenvalue weighted by atomic mass is 9.96. The fraction of sp³-hybridized carbons (Fsp3) is 0.286. The zero-order valence-electron chi connectivity index (χ0n) is 23.1. The average molecular weight is 552 g/mol. The van der Waals surface area contributed by atoms with Crippen LogP contribution in [0.4, 0.5) is 8.78 Å². The van der Waals surface area contributed by atoms with Gasteiger partial charge in [-0.2, -0.15) is 0 Å². The Labute approximate surface area is 240 Å². The molecule has 4 aromatic rings. The van der Waals surface area contributed by atoms with Crippen LogP contribution in [0.3, 0.4) is 0 Å². The van der Waals surface area contributed by atoms with Gasteiger partial charge in [0.25, 0.3) is 0 Å². The molecule has 0 N–H and O–H groups in total. The molecule has 210 valence electrons. The van der Waals surface area contributed by atoms with Crippen molar-refractivity contribution < 1.29 is 13.6 Å². The molecule has 41 heavy (non-hydrogen) atoms. The first-order valence-corrected chi connectivity index (χ1v) is 14.5. The average Bonchev–Trinajstić information content (AvgIpc) is 3.43. The highest BCUT2D eigenvalue weighted by Gasteiger charge is 2.41. The van der Waals surface area contributed by atoms with Crippen molar-refractivity contribution >= 4 is 5.91 Å². The van der Waals surface area contributed by atoms with Crippen LogP contribution in [0.25, 0.3) is 0 Å². The minimum absolute atomic E-state index is 0.142. The molecule has 2 heterocycles. The molecular formula is C35H35F2N3O. The fourth-order valence-electron chi connectivity index (χ4n) is 6.49. The summed E-state index contributed by atoms with van der Waals surface area (Å²) in [6.45, 7) is 3.32. The number of likely N-dealkylation sites (tertiary alicyclic amines) is 1. The minimum Gasteiger partial charge on any atom is -0.339 e. The predicted molar refractivity (Wildman–Crippen MR) is 157 cm³/mol. The van der Waals surface area contributed by atoms with Gasteiger partial charge in [-0.05, 0) is 59.4 Å². The zero-order valence-corrected chi connectivity index (χ0v) is 23.1. The summed E-state index contributed by atoms with van der Waals surface area (Å²) < 4.78 is 27.5. The van der Waals surface area contributed by atoms with Gasteiger partial charge in [-0.25, -0.2) is 8.78 Å². The van der Waals surface area contributed by atoms with Crippen molar-refractivity contribution in [1.82, 2.24) is 14.7 Å². The van der Waals surface area contributed by atoms with Crippen molar-refractivity contribution in [2.24, 2.45) is 0 Å². The molecule has 6 rings (SSSR count). The summed E-state index contributed by atoms with van der Waals surface area (Å²) in [5, 5.41) is 0. The molecule has 0 spiro atoms. The number of halogens is 2. The summed E-state index contributed by atoms with van der Waals surface area (Å²) in [5.74, 6) is -0.376. The van der Waals surface area contributed by atoms with Crippen molar-refractivity contribution in [3.8, 4) is 0 Å².